The Morgan fingerprint density at radius 2 is 2.00 bits per heavy atom. The van der Waals surface area contributed by atoms with Gasteiger partial charge in [-0.2, -0.15) is 0 Å². The lowest BCUT2D eigenvalue weighted by atomic mass is 10.4. The third kappa shape index (κ3) is 13.5. The van der Waals surface area contributed by atoms with Crippen molar-refractivity contribution in [3.05, 3.63) is 0 Å². The van der Waals surface area contributed by atoms with E-state index in [4.69, 9.17) is 5.73 Å². The Labute approximate surface area is 103 Å². The smallest absolute Gasteiger partial charge is 0.0946 e. The predicted octanol–water partition coefficient (Wildman–Crippen LogP) is 1.50. The van der Waals surface area contributed by atoms with Crippen molar-refractivity contribution in [2.75, 3.05) is 25.5 Å². The van der Waals surface area contributed by atoms with Gasteiger partial charge in [0.05, 0.1) is 5.84 Å². The van der Waals surface area contributed by atoms with Crippen LogP contribution in [0.2, 0.25) is 0 Å². The molecule has 0 aliphatic carbocycles. The molecule has 0 aromatic carbocycles. The molecule has 0 aromatic rings. The Morgan fingerprint density at radius 3 is 2.42 bits per heavy atom. The number of hydrogen-bond donors (Lipinski definition) is 2. The van der Waals surface area contributed by atoms with Gasteiger partial charge < -0.3 is 11.1 Å². The summed E-state index contributed by atoms with van der Waals surface area (Å²) in [7, 11) is 1.71. The standard InChI is InChI=1S/C6H14BrN3.2BrH/c1-9-6(8)2-4-10-5-3-7;;/h10H,2-5H2,1H3,(H2,8,9);2*1H. The van der Waals surface area contributed by atoms with Crippen molar-refractivity contribution in [3.63, 3.8) is 0 Å². The van der Waals surface area contributed by atoms with E-state index in [-0.39, 0.29) is 34.0 Å². The molecule has 3 nitrogen and oxygen atoms in total. The fourth-order valence-electron chi connectivity index (χ4n) is 0.520. The van der Waals surface area contributed by atoms with Crippen LogP contribution < -0.4 is 11.1 Å². The summed E-state index contributed by atoms with van der Waals surface area (Å²) in [6.45, 7) is 1.89. The average Bonchev–Trinajstić information content (AvgIpc) is 1.98. The number of nitrogens with zero attached hydrogens (tertiary/aromatic N) is 1. The molecule has 12 heavy (non-hydrogen) atoms. The Kier molecular flexibility index (Phi) is 22.3. The summed E-state index contributed by atoms with van der Waals surface area (Å²) >= 11 is 3.31. The van der Waals surface area contributed by atoms with Crippen LogP contribution in [0.3, 0.4) is 0 Å². The second-order valence-corrected chi connectivity index (χ2v) is 2.70. The van der Waals surface area contributed by atoms with E-state index in [1.165, 1.54) is 0 Å². The highest BCUT2D eigenvalue weighted by Crippen LogP contribution is 1.78. The molecule has 0 aromatic heterocycles. The molecule has 3 N–H and O–H groups in total. The van der Waals surface area contributed by atoms with Crippen LogP contribution >= 0.6 is 49.9 Å². The van der Waals surface area contributed by atoms with Gasteiger partial charge in [0.2, 0.25) is 0 Å². The zero-order valence-electron chi connectivity index (χ0n) is 7.05. The normalized spacial score (nSPS) is 10.0. The summed E-state index contributed by atoms with van der Waals surface area (Å²) in [4.78, 5) is 3.83. The number of rotatable bonds is 5. The van der Waals surface area contributed by atoms with E-state index in [9.17, 15) is 0 Å². The van der Waals surface area contributed by atoms with E-state index >= 15 is 0 Å². The Hall–Kier alpha value is 0.870. The lowest BCUT2D eigenvalue weighted by molar-refractivity contribution is 0.742. The van der Waals surface area contributed by atoms with Gasteiger partial charge >= 0.3 is 0 Å². The molecule has 0 aliphatic heterocycles. The second kappa shape index (κ2) is 14.4. The van der Waals surface area contributed by atoms with Crippen LogP contribution in [0.25, 0.3) is 0 Å². The van der Waals surface area contributed by atoms with Crippen molar-refractivity contribution in [1.82, 2.24) is 5.32 Å². The first-order valence-electron chi connectivity index (χ1n) is 3.29. The fraction of sp³-hybridized carbons (Fsp3) is 0.833. The van der Waals surface area contributed by atoms with E-state index in [1.807, 2.05) is 0 Å². The maximum atomic E-state index is 5.45. The number of nitrogens with one attached hydrogen (secondary N) is 1. The third-order valence-electron chi connectivity index (χ3n) is 1.12. The molecule has 0 saturated heterocycles. The molecule has 0 fully saturated rings. The molecule has 0 unspecified atom stereocenters. The maximum Gasteiger partial charge on any atom is 0.0946 e. The molecule has 0 amide bonds. The van der Waals surface area contributed by atoms with Crippen LogP contribution in [0.5, 0.6) is 0 Å². The summed E-state index contributed by atoms with van der Waals surface area (Å²) in [5.74, 6) is 0.710. The topological polar surface area (TPSA) is 50.4 Å². The van der Waals surface area contributed by atoms with Gasteiger partial charge in [-0.25, -0.2) is 0 Å². The lowest BCUT2D eigenvalue weighted by Crippen LogP contribution is -2.23. The maximum absolute atomic E-state index is 5.45. The van der Waals surface area contributed by atoms with Gasteiger partial charge in [-0.1, -0.05) is 15.9 Å². The largest absolute Gasteiger partial charge is 0.387 e. The third-order valence-corrected chi connectivity index (χ3v) is 1.51. The molecule has 0 rings (SSSR count). The fourth-order valence-corrected chi connectivity index (χ4v) is 0.800. The quantitative estimate of drug-likeness (QED) is 0.334. The Balaban J connectivity index is -0.000000405. The molecule has 76 valence electrons. The van der Waals surface area contributed by atoms with Gasteiger partial charge in [0, 0.05) is 31.9 Å². The highest BCUT2D eigenvalue weighted by molar-refractivity contribution is 9.09. The molecular weight excluding hydrogens is 354 g/mol. The van der Waals surface area contributed by atoms with Crippen molar-refractivity contribution < 1.29 is 0 Å². The van der Waals surface area contributed by atoms with Gasteiger partial charge in [-0.05, 0) is 0 Å². The average molecular weight is 370 g/mol. The van der Waals surface area contributed by atoms with E-state index in [0.717, 1.165) is 24.8 Å². The van der Waals surface area contributed by atoms with E-state index in [1.54, 1.807) is 7.05 Å². The van der Waals surface area contributed by atoms with Gasteiger partial charge in [0.15, 0.2) is 0 Å². The summed E-state index contributed by atoms with van der Waals surface area (Å²) in [6, 6.07) is 0. The molecule has 0 bridgehead atoms. The molecular formula is C6H16Br3N3. The van der Waals surface area contributed by atoms with Crippen molar-refractivity contribution in [3.8, 4) is 0 Å². The monoisotopic (exact) mass is 367 g/mol. The summed E-state index contributed by atoms with van der Waals surface area (Å²) in [6.07, 6.45) is 0.837. The molecule has 0 saturated carbocycles. The first-order valence-corrected chi connectivity index (χ1v) is 4.41. The van der Waals surface area contributed by atoms with E-state index in [2.05, 4.69) is 26.2 Å². The second-order valence-electron chi connectivity index (χ2n) is 1.90. The van der Waals surface area contributed by atoms with Crippen LogP contribution in [-0.4, -0.2) is 31.3 Å². The van der Waals surface area contributed by atoms with Crippen molar-refractivity contribution in [1.29, 1.82) is 0 Å². The highest BCUT2D eigenvalue weighted by atomic mass is 79.9. The number of aliphatic imine (C=N–C) groups is 1. The van der Waals surface area contributed by atoms with E-state index in [0.29, 0.717) is 5.84 Å². The summed E-state index contributed by atoms with van der Waals surface area (Å²) in [5.41, 5.74) is 5.45. The van der Waals surface area contributed by atoms with Crippen LogP contribution in [0.1, 0.15) is 6.42 Å². The number of hydrogen-bond acceptors (Lipinski definition) is 2. The van der Waals surface area contributed by atoms with Crippen LogP contribution in [0, 0.1) is 0 Å². The molecule has 0 radical (unpaired) electrons. The van der Waals surface area contributed by atoms with Gasteiger partial charge in [0.25, 0.3) is 0 Å². The molecule has 0 heterocycles. The number of nitrogens with two attached hydrogens (primary N) is 1. The van der Waals surface area contributed by atoms with Gasteiger partial charge in [0.1, 0.15) is 0 Å². The Bertz CT molecular complexity index is 108. The number of halogens is 3. The van der Waals surface area contributed by atoms with Crippen LogP contribution in [0.15, 0.2) is 4.99 Å². The zero-order chi connectivity index (χ0) is 7.82. The SMILES string of the molecule is Br.Br.CN=C(N)CCNCCBr. The minimum atomic E-state index is 0. The Morgan fingerprint density at radius 1 is 1.42 bits per heavy atom. The van der Waals surface area contributed by atoms with E-state index < -0.39 is 0 Å². The van der Waals surface area contributed by atoms with Gasteiger partial charge in [-0.15, -0.1) is 34.0 Å². The van der Waals surface area contributed by atoms with Crippen molar-refractivity contribution in [2.24, 2.45) is 10.7 Å². The van der Waals surface area contributed by atoms with Crippen molar-refractivity contribution >= 4 is 55.7 Å². The number of alkyl halides is 1. The number of amidine groups is 1. The highest BCUT2D eigenvalue weighted by Gasteiger charge is 1.88. The van der Waals surface area contributed by atoms with Crippen LogP contribution in [-0.2, 0) is 0 Å². The van der Waals surface area contributed by atoms with Crippen molar-refractivity contribution in [2.45, 2.75) is 6.42 Å². The molecule has 0 aliphatic rings. The molecule has 0 spiro atoms. The lowest BCUT2D eigenvalue weighted by Gasteiger charge is -2.00. The van der Waals surface area contributed by atoms with Crippen LogP contribution in [0.4, 0.5) is 0 Å². The molecule has 0 atom stereocenters. The summed E-state index contributed by atoms with van der Waals surface area (Å²) in [5, 5.41) is 4.17. The first kappa shape index (κ1) is 18.6. The zero-order valence-corrected chi connectivity index (χ0v) is 12.1. The minimum absolute atomic E-state index is 0. The minimum Gasteiger partial charge on any atom is -0.387 e. The first-order chi connectivity index (χ1) is 4.81. The summed E-state index contributed by atoms with van der Waals surface area (Å²) < 4.78 is 0. The predicted molar refractivity (Wildman–Crippen MR) is 69.5 cm³/mol. The van der Waals surface area contributed by atoms with Gasteiger partial charge in [-0.3, -0.25) is 4.99 Å². The molecule has 6 heteroatoms.